The molecule has 1 aliphatic heterocycles. The summed E-state index contributed by atoms with van der Waals surface area (Å²) in [4.78, 5) is 12.0. The van der Waals surface area contributed by atoms with E-state index in [9.17, 15) is 0 Å². The minimum atomic E-state index is 0.210. The van der Waals surface area contributed by atoms with E-state index >= 15 is 0 Å². The molecule has 0 aromatic carbocycles. The minimum Gasteiger partial charge on any atom is -0.382 e. The lowest BCUT2D eigenvalue weighted by atomic mass is 10.1. The van der Waals surface area contributed by atoms with Crippen LogP contribution in [0.1, 0.15) is 5.56 Å². The van der Waals surface area contributed by atoms with Crippen LogP contribution < -0.4 is 11.5 Å². The summed E-state index contributed by atoms with van der Waals surface area (Å²) in [7, 11) is 0. The number of anilines is 2. The van der Waals surface area contributed by atoms with Crippen molar-refractivity contribution in [3.63, 3.8) is 0 Å². The number of thiophene rings is 1. The standard InChI is InChI=1S/C15H19N7OS/c16-14-13-11(19-15(17)20-14)9(2-4-22-5-7-23-8-6-22)12(24-13)10-1-3-18-21-10/h1,3H,2,4-8H2,(H,18,21)(H4,16,17,19,20). The number of aromatic amines is 1. The fourth-order valence-corrected chi connectivity index (χ4v) is 4.15. The zero-order valence-corrected chi connectivity index (χ0v) is 14.0. The van der Waals surface area contributed by atoms with E-state index in [1.807, 2.05) is 6.07 Å². The number of morpholine rings is 1. The van der Waals surface area contributed by atoms with Gasteiger partial charge in [-0.3, -0.25) is 10.00 Å². The maximum Gasteiger partial charge on any atom is 0.222 e. The van der Waals surface area contributed by atoms with Crippen molar-refractivity contribution in [2.45, 2.75) is 6.42 Å². The van der Waals surface area contributed by atoms with Crippen molar-refractivity contribution in [1.29, 1.82) is 0 Å². The second-order valence-electron chi connectivity index (χ2n) is 5.73. The normalized spacial score (nSPS) is 16.0. The van der Waals surface area contributed by atoms with E-state index in [0.717, 1.165) is 65.6 Å². The van der Waals surface area contributed by atoms with Gasteiger partial charge in [-0.05, 0) is 12.5 Å². The summed E-state index contributed by atoms with van der Waals surface area (Å²) in [6.07, 6.45) is 2.61. The van der Waals surface area contributed by atoms with Gasteiger partial charge in [0.05, 0.1) is 34.0 Å². The van der Waals surface area contributed by atoms with E-state index < -0.39 is 0 Å². The number of hydrogen-bond acceptors (Lipinski definition) is 8. The van der Waals surface area contributed by atoms with Crippen LogP contribution in [0.15, 0.2) is 12.3 Å². The maximum atomic E-state index is 6.06. The topological polar surface area (TPSA) is 119 Å². The Kier molecular flexibility index (Phi) is 4.05. The minimum absolute atomic E-state index is 0.210. The number of ether oxygens (including phenoxy) is 1. The number of nitrogens with zero attached hydrogens (tertiary/aromatic N) is 4. The molecule has 0 bridgehead atoms. The zero-order valence-electron chi connectivity index (χ0n) is 13.2. The SMILES string of the molecule is Nc1nc(N)c2sc(-c3ccn[nH]3)c(CCN3CCOCC3)c2n1. The molecular formula is C15H19N7OS. The molecule has 126 valence electrons. The maximum absolute atomic E-state index is 6.06. The van der Waals surface area contributed by atoms with Crippen LogP contribution >= 0.6 is 11.3 Å². The van der Waals surface area contributed by atoms with Crippen molar-refractivity contribution in [1.82, 2.24) is 25.1 Å². The molecule has 0 amide bonds. The summed E-state index contributed by atoms with van der Waals surface area (Å²) in [6.45, 7) is 4.45. The summed E-state index contributed by atoms with van der Waals surface area (Å²) in [6, 6.07) is 1.95. The molecule has 0 atom stereocenters. The molecule has 24 heavy (non-hydrogen) atoms. The molecule has 9 heteroatoms. The van der Waals surface area contributed by atoms with Crippen molar-refractivity contribution in [3.8, 4) is 10.6 Å². The van der Waals surface area contributed by atoms with Crippen molar-refractivity contribution >= 4 is 33.3 Å². The Morgan fingerprint density at radius 3 is 2.83 bits per heavy atom. The predicted octanol–water partition coefficient (Wildman–Crippen LogP) is 1.12. The van der Waals surface area contributed by atoms with Crippen LogP contribution in [0.4, 0.5) is 11.8 Å². The van der Waals surface area contributed by atoms with Crippen LogP contribution in [0.3, 0.4) is 0 Å². The number of rotatable bonds is 4. The lowest BCUT2D eigenvalue weighted by Crippen LogP contribution is -2.37. The van der Waals surface area contributed by atoms with Crippen LogP contribution in [0.25, 0.3) is 20.8 Å². The Morgan fingerprint density at radius 1 is 1.25 bits per heavy atom. The number of nitrogens with one attached hydrogen (secondary N) is 1. The summed E-state index contributed by atoms with van der Waals surface area (Å²) >= 11 is 1.58. The third-order valence-corrected chi connectivity index (χ3v) is 5.48. The molecule has 0 spiro atoms. The summed E-state index contributed by atoms with van der Waals surface area (Å²) < 4.78 is 6.29. The average Bonchev–Trinajstić information content (AvgIpc) is 3.21. The Labute approximate surface area is 142 Å². The van der Waals surface area contributed by atoms with Gasteiger partial charge in [0, 0.05) is 31.4 Å². The lowest BCUT2D eigenvalue weighted by Gasteiger charge is -2.26. The van der Waals surface area contributed by atoms with Gasteiger partial charge in [-0.15, -0.1) is 11.3 Å². The molecular weight excluding hydrogens is 326 g/mol. The smallest absolute Gasteiger partial charge is 0.222 e. The first-order valence-corrected chi connectivity index (χ1v) is 8.68. The van der Waals surface area contributed by atoms with Gasteiger partial charge in [0.25, 0.3) is 0 Å². The van der Waals surface area contributed by atoms with Crippen LogP contribution in [-0.2, 0) is 11.2 Å². The quantitative estimate of drug-likeness (QED) is 0.648. The van der Waals surface area contributed by atoms with E-state index in [0.29, 0.717) is 5.82 Å². The average molecular weight is 345 g/mol. The molecule has 0 saturated carbocycles. The number of nitrogens with two attached hydrogens (primary N) is 2. The molecule has 4 heterocycles. The van der Waals surface area contributed by atoms with E-state index in [-0.39, 0.29) is 5.95 Å². The molecule has 0 aliphatic carbocycles. The first kappa shape index (κ1) is 15.3. The van der Waals surface area contributed by atoms with Crippen LogP contribution in [0, 0.1) is 0 Å². The molecule has 4 rings (SSSR count). The molecule has 0 radical (unpaired) electrons. The first-order valence-electron chi connectivity index (χ1n) is 7.86. The summed E-state index contributed by atoms with van der Waals surface area (Å²) in [5.74, 6) is 0.641. The van der Waals surface area contributed by atoms with Crippen molar-refractivity contribution in [3.05, 3.63) is 17.8 Å². The fourth-order valence-electron chi connectivity index (χ4n) is 2.99. The van der Waals surface area contributed by atoms with E-state index in [1.54, 1.807) is 17.5 Å². The predicted molar refractivity (Wildman–Crippen MR) is 94.8 cm³/mol. The van der Waals surface area contributed by atoms with Gasteiger partial charge in [0.15, 0.2) is 0 Å². The first-order chi connectivity index (χ1) is 11.7. The van der Waals surface area contributed by atoms with Crippen molar-refractivity contribution in [2.75, 3.05) is 44.3 Å². The Hall–Kier alpha value is -2.23. The van der Waals surface area contributed by atoms with Crippen LogP contribution in [0.5, 0.6) is 0 Å². The highest BCUT2D eigenvalue weighted by molar-refractivity contribution is 7.23. The number of hydrogen-bond donors (Lipinski definition) is 3. The highest BCUT2D eigenvalue weighted by Gasteiger charge is 2.20. The Bertz CT molecular complexity index is 839. The Morgan fingerprint density at radius 2 is 2.08 bits per heavy atom. The van der Waals surface area contributed by atoms with E-state index in [1.165, 1.54) is 0 Å². The number of fused-ring (bicyclic) bond motifs is 1. The van der Waals surface area contributed by atoms with Gasteiger partial charge >= 0.3 is 0 Å². The molecule has 3 aromatic heterocycles. The molecule has 1 fully saturated rings. The second-order valence-corrected chi connectivity index (χ2v) is 6.75. The highest BCUT2D eigenvalue weighted by atomic mass is 32.1. The van der Waals surface area contributed by atoms with Crippen molar-refractivity contribution in [2.24, 2.45) is 0 Å². The molecule has 3 aromatic rings. The van der Waals surface area contributed by atoms with Gasteiger partial charge in [-0.25, -0.2) is 4.98 Å². The third-order valence-electron chi connectivity index (χ3n) is 4.20. The fraction of sp³-hybridized carbons (Fsp3) is 0.400. The van der Waals surface area contributed by atoms with Gasteiger partial charge in [0.1, 0.15) is 5.82 Å². The molecule has 1 saturated heterocycles. The molecule has 5 N–H and O–H groups in total. The molecule has 1 aliphatic rings. The van der Waals surface area contributed by atoms with Gasteiger partial charge in [-0.1, -0.05) is 0 Å². The van der Waals surface area contributed by atoms with E-state index in [2.05, 4.69) is 25.1 Å². The largest absolute Gasteiger partial charge is 0.382 e. The van der Waals surface area contributed by atoms with Crippen LogP contribution in [-0.4, -0.2) is 57.9 Å². The van der Waals surface area contributed by atoms with Crippen molar-refractivity contribution < 1.29 is 4.74 Å². The summed E-state index contributed by atoms with van der Waals surface area (Å²) in [5.41, 5.74) is 14.8. The number of H-pyrrole nitrogens is 1. The summed E-state index contributed by atoms with van der Waals surface area (Å²) in [5, 5.41) is 7.10. The second kappa shape index (κ2) is 6.34. The van der Waals surface area contributed by atoms with Gasteiger partial charge < -0.3 is 16.2 Å². The van der Waals surface area contributed by atoms with Gasteiger partial charge in [0.2, 0.25) is 5.95 Å². The third kappa shape index (κ3) is 2.81. The van der Waals surface area contributed by atoms with E-state index in [4.69, 9.17) is 16.2 Å². The molecule has 8 nitrogen and oxygen atoms in total. The lowest BCUT2D eigenvalue weighted by molar-refractivity contribution is 0.0385. The monoisotopic (exact) mass is 345 g/mol. The van der Waals surface area contributed by atoms with Crippen LogP contribution in [0.2, 0.25) is 0 Å². The zero-order chi connectivity index (χ0) is 16.5. The number of nitrogen functional groups attached to an aromatic ring is 2. The highest BCUT2D eigenvalue weighted by Crippen LogP contribution is 2.39. The van der Waals surface area contributed by atoms with Gasteiger partial charge in [-0.2, -0.15) is 10.1 Å². The number of aromatic nitrogens is 4. The Balaban J connectivity index is 1.74. The molecule has 0 unspecified atom stereocenters.